The molecule has 0 bridgehead atoms. The topological polar surface area (TPSA) is 65.3 Å². The molecular formula is C21H20N2O3. The summed E-state index contributed by atoms with van der Waals surface area (Å²) in [7, 11) is 0. The van der Waals surface area contributed by atoms with Gasteiger partial charge in [-0.3, -0.25) is 4.79 Å². The number of amides is 1. The van der Waals surface area contributed by atoms with E-state index in [9.17, 15) is 10.0 Å². The van der Waals surface area contributed by atoms with Crippen LogP contribution in [0.4, 0.5) is 0 Å². The van der Waals surface area contributed by atoms with Gasteiger partial charge in [-0.05, 0) is 11.1 Å². The maximum Gasteiger partial charge on any atom is 0.252 e. The smallest absolute Gasteiger partial charge is 0.252 e. The van der Waals surface area contributed by atoms with Gasteiger partial charge in [0, 0.05) is 12.1 Å². The molecule has 0 aliphatic carbocycles. The van der Waals surface area contributed by atoms with Crippen molar-refractivity contribution in [3.05, 3.63) is 107 Å². The van der Waals surface area contributed by atoms with Crippen molar-refractivity contribution in [2.45, 2.75) is 12.6 Å². The van der Waals surface area contributed by atoms with E-state index in [1.807, 2.05) is 60.7 Å². The van der Waals surface area contributed by atoms with Crippen LogP contribution < -0.4 is 10.0 Å². The van der Waals surface area contributed by atoms with Crippen molar-refractivity contribution in [3.63, 3.8) is 0 Å². The second-order valence-corrected chi connectivity index (χ2v) is 5.88. The van der Waals surface area contributed by atoms with E-state index in [0.29, 0.717) is 23.5 Å². The molecule has 0 fully saturated rings. The average molecular weight is 348 g/mol. The van der Waals surface area contributed by atoms with Crippen molar-refractivity contribution in [1.29, 1.82) is 0 Å². The van der Waals surface area contributed by atoms with Crippen LogP contribution in [0.2, 0.25) is 0 Å². The van der Waals surface area contributed by atoms with E-state index < -0.39 is 0 Å². The first-order valence-electron chi connectivity index (χ1n) is 8.38. The molecular weight excluding hydrogens is 328 g/mol. The number of pyridine rings is 1. The lowest BCUT2D eigenvalue weighted by atomic mass is 10.1. The largest absolute Gasteiger partial charge is 0.619 e. The number of rotatable bonds is 7. The summed E-state index contributed by atoms with van der Waals surface area (Å²) in [5.41, 5.74) is 2.47. The molecule has 5 heteroatoms. The summed E-state index contributed by atoms with van der Waals surface area (Å²) in [6, 6.07) is 22.3. The minimum atomic E-state index is -0.285. The lowest BCUT2D eigenvalue weighted by Crippen LogP contribution is -2.32. The van der Waals surface area contributed by atoms with Crippen molar-refractivity contribution in [2.24, 2.45) is 0 Å². The molecule has 0 saturated heterocycles. The second kappa shape index (κ2) is 8.78. The third kappa shape index (κ3) is 4.91. The molecule has 5 nitrogen and oxygen atoms in total. The highest BCUT2D eigenvalue weighted by molar-refractivity contribution is 5.94. The van der Waals surface area contributed by atoms with E-state index in [-0.39, 0.29) is 11.9 Å². The summed E-state index contributed by atoms with van der Waals surface area (Å²) < 4.78 is 6.47. The quantitative estimate of drug-likeness (QED) is 0.527. The lowest BCUT2D eigenvalue weighted by Gasteiger charge is -2.19. The first kappa shape index (κ1) is 17.6. The maximum absolute atomic E-state index is 12.5. The highest BCUT2D eigenvalue weighted by Crippen LogP contribution is 2.15. The fourth-order valence-corrected chi connectivity index (χ4v) is 2.58. The van der Waals surface area contributed by atoms with Crippen LogP contribution in [0.25, 0.3) is 0 Å². The van der Waals surface area contributed by atoms with Gasteiger partial charge in [0.1, 0.15) is 0 Å². The van der Waals surface area contributed by atoms with Crippen LogP contribution in [0.3, 0.4) is 0 Å². The number of nitrogens with one attached hydrogen (secondary N) is 1. The molecule has 0 radical (unpaired) electrons. The molecule has 1 aromatic heterocycles. The Bertz CT molecular complexity index is 821. The van der Waals surface area contributed by atoms with Gasteiger partial charge in [-0.25, -0.2) is 0 Å². The Hall–Kier alpha value is -3.18. The maximum atomic E-state index is 12.5. The van der Waals surface area contributed by atoms with Crippen LogP contribution >= 0.6 is 0 Å². The first-order valence-corrected chi connectivity index (χ1v) is 8.38. The minimum absolute atomic E-state index is 0.247. The van der Waals surface area contributed by atoms with Crippen molar-refractivity contribution in [2.75, 3.05) is 6.61 Å². The molecule has 1 amide bonds. The zero-order valence-corrected chi connectivity index (χ0v) is 14.2. The third-order valence-corrected chi connectivity index (χ3v) is 3.97. The number of aromatic nitrogens is 1. The van der Waals surface area contributed by atoms with Crippen LogP contribution in [-0.2, 0) is 11.3 Å². The van der Waals surface area contributed by atoms with Gasteiger partial charge in [0.05, 0.1) is 24.8 Å². The van der Waals surface area contributed by atoms with Gasteiger partial charge in [-0.15, -0.1) is 0 Å². The Kier molecular flexibility index (Phi) is 5.96. The van der Waals surface area contributed by atoms with E-state index in [1.165, 1.54) is 24.5 Å². The van der Waals surface area contributed by atoms with E-state index in [4.69, 9.17) is 4.74 Å². The highest BCUT2D eigenvalue weighted by Gasteiger charge is 2.16. The van der Waals surface area contributed by atoms with Gasteiger partial charge >= 0.3 is 0 Å². The Morgan fingerprint density at radius 2 is 1.58 bits per heavy atom. The number of ether oxygens (including phenoxy) is 1. The van der Waals surface area contributed by atoms with Gasteiger partial charge in [-0.1, -0.05) is 60.7 Å². The van der Waals surface area contributed by atoms with Crippen molar-refractivity contribution in [1.82, 2.24) is 5.32 Å². The summed E-state index contributed by atoms with van der Waals surface area (Å²) in [5.74, 6) is -0.247. The van der Waals surface area contributed by atoms with Gasteiger partial charge in [0.2, 0.25) is 0 Å². The summed E-state index contributed by atoms with van der Waals surface area (Å²) in [5, 5.41) is 14.1. The summed E-state index contributed by atoms with van der Waals surface area (Å²) >= 11 is 0. The molecule has 0 unspecified atom stereocenters. The lowest BCUT2D eigenvalue weighted by molar-refractivity contribution is -0.605. The zero-order chi connectivity index (χ0) is 18.2. The fourth-order valence-electron chi connectivity index (χ4n) is 2.58. The number of hydrogen-bond donors (Lipinski definition) is 1. The molecule has 1 N–H and O–H groups in total. The summed E-state index contributed by atoms with van der Waals surface area (Å²) in [4.78, 5) is 12.5. The fraction of sp³-hybridized carbons (Fsp3) is 0.143. The van der Waals surface area contributed by atoms with Crippen LogP contribution in [0.15, 0.2) is 85.2 Å². The standard InChI is InChI=1S/C21H20N2O3/c24-21(19-11-13-23(25)14-12-19)22-20(18-9-5-2-6-10-18)16-26-15-17-7-3-1-4-8-17/h1-14,20H,15-16H2,(H,22,24)/t20-/m1/s1. The molecule has 0 spiro atoms. The number of carbonyl (C=O) groups is 1. The van der Waals surface area contributed by atoms with Gasteiger partial charge in [0.15, 0.2) is 12.4 Å². The molecule has 26 heavy (non-hydrogen) atoms. The molecule has 3 rings (SSSR count). The van der Waals surface area contributed by atoms with Crippen LogP contribution in [-0.4, -0.2) is 12.5 Å². The van der Waals surface area contributed by atoms with E-state index in [2.05, 4.69) is 5.32 Å². The Morgan fingerprint density at radius 3 is 2.23 bits per heavy atom. The van der Waals surface area contributed by atoms with Crippen molar-refractivity contribution < 1.29 is 14.3 Å². The Balaban J connectivity index is 1.67. The molecule has 1 heterocycles. The predicted molar refractivity (Wildman–Crippen MR) is 98.1 cm³/mol. The third-order valence-electron chi connectivity index (χ3n) is 3.97. The monoisotopic (exact) mass is 348 g/mol. The molecule has 3 aromatic rings. The SMILES string of the molecule is O=C(N[C@H](COCc1ccccc1)c1ccccc1)c1cc[n+]([O-])cc1. The first-order chi connectivity index (χ1) is 12.7. The Labute approximate surface area is 152 Å². The molecule has 0 aliphatic rings. The molecule has 0 aliphatic heterocycles. The molecule has 1 atom stereocenters. The van der Waals surface area contributed by atoms with Crippen molar-refractivity contribution in [3.8, 4) is 0 Å². The number of hydrogen-bond acceptors (Lipinski definition) is 3. The van der Waals surface area contributed by atoms with Crippen LogP contribution in [0.5, 0.6) is 0 Å². The number of benzene rings is 2. The summed E-state index contributed by atoms with van der Waals surface area (Å²) in [6.07, 6.45) is 2.61. The highest BCUT2D eigenvalue weighted by atomic mass is 16.5. The van der Waals surface area contributed by atoms with Crippen molar-refractivity contribution >= 4 is 5.91 Å². The van der Waals surface area contributed by atoms with Gasteiger partial charge in [-0.2, -0.15) is 4.73 Å². The van der Waals surface area contributed by atoms with Gasteiger partial charge in [0.25, 0.3) is 5.91 Å². The van der Waals surface area contributed by atoms with Gasteiger partial charge < -0.3 is 15.3 Å². The van der Waals surface area contributed by atoms with Crippen LogP contribution in [0, 0.1) is 5.21 Å². The number of carbonyl (C=O) groups excluding carboxylic acids is 1. The zero-order valence-electron chi connectivity index (χ0n) is 14.2. The predicted octanol–water partition coefficient (Wildman–Crippen LogP) is 3.01. The molecule has 2 aromatic carbocycles. The van der Waals surface area contributed by atoms with Crippen LogP contribution in [0.1, 0.15) is 27.5 Å². The van der Waals surface area contributed by atoms with E-state index in [1.54, 1.807) is 0 Å². The summed E-state index contributed by atoms with van der Waals surface area (Å²) in [6.45, 7) is 0.820. The molecule has 132 valence electrons. The molecule has 0 saturated carbocycles. The van der Waals surface area contributed by atoms with E-state index >= 15 is 0 Å². The minimum Gasteiger partial charge on any atom is -0.619 e. The normalized spacial score (nSPS) is 11.7. The van der Waals surface area contributed by atoms with E-state index in [0.717, 1.165) is 11.1 Å². The second-order valence-electron chi connectivity index (χ2n) is 5.88. The average Bonchev–Trinajstić information content (AvgIpc) is 2.69. The number of nitrogens with zero attached hydrogens (tertiary/aromatic N) is 1. The Morgan fingerprint density at radius 1 is 0.962 bits per heavy atom.